The van der Waals surface area contributed by atoms with Crippen LogP contribution >= 0.6 is 0 Å². The zero-order chi connectivity index (χ0) is 20.0. The Bertz CT molecular complexity index is 1310. The van der Waals surface area contributed by atoms with Crippen LogP contribution in [0.3, 0.4) is 0 Å². The molecule has 2 heteroatoms. The van der Waals surface area contributed by atoms with Crippen molar-refractivity contribution < 1.29 is 9.59 Å². The number of allylic oxidation sites excluding steroid dienone is 2. The van der Waals surface area contributed by atoms with Crippen molar-refractivity contribution in [2.45, 2.75) is 27.2 Å². The summed E-state index contributed by atoms with van der Waals surface area (Å²) < 4.78 is 0. The summed E-state index contributed by atoms with van der Waals surface area (Å²) in [5, 5.41) is 3.72. The Kier molecular flexibility index (Phi) is 4.35. The normalized spacial score (nSPS) is 14.8. The number of ketones is 2. The third-order valence-corrected chi connectivity index (χ3v) is 5.58. The molecule has 0 atom stereocenters. The molecule has 0 unspecified atom stereocenters. The summed E-state index contributed by atoms with van der Waals surface area (Å²) in [5.41, 5.74) is 4.09. The molecule has 0 saturated heterocycles. The molecule has 0 saturated carbocycles. The first-order chi connectivity index (χ1) is 13.4. The number of hydrogen-bond donors (Lipinski definition) is 0. The van der Waals surface area contributed by atoms with Crippen LogP contribution in [0, 0.1) is 13.8 Å². The summed E-state index contributed by atoms with van der Waals surface area (Å²) in [6.45, 7) is 9.94. The molecule has 0 bridgehead atoms. The lowest BCUT2D eigenvalue weighted by Crippen LogP contribution is -2.27. The standard InChI is InChI=1S/C26H22O2/c1-5-20-22(14-19-12-15(2)10-11-16(19)3)26(28)24-17(4)21-9-7-6-8-18(21)13-23(24)25(20)27/h6-14H,3,5H2,1-2,4H3/b19-14-. The Morgan fingerprint density at radius 1 is 0.964 bits per heavy atom. The van der Waals surface area contributed by atoms with Gasteiger partial charge in [-0.05, 0) is 59.2 Å². The minimum atomic E-state index is -0.0735. The van der Waals surface area contributed by atoms with Crippen LogP contribution in [-0.4, -0.2) is 11.6 Å². The van der Waals surface area contributed by atoms with Crippen molar-refractivity contribution >= 4 is 35.0 Å². The third kappa shape index (κ3) is 2.73. The predicted octanol–water partition coefficient (Wildman–Crippen LogP) is 4.43. The van der Waals surface area contributed by atoms with Crippen LogP contribution in [0.1, 0.15) is 45.2 Å². The van der Waals surface area contributed by atoms with Gasteiger partial charge in [-0.2, -0.15) is 0 Å². The zero-order valence-electron chi connectivity index (χ0n) is 16.4. The maximum atomic E-state index is 13.5. The van der Waals surface area contributed by atoms with Gasteiger partial charge in [0.25, 0.3) is 0 Å². The largest absolute Gasteiger partial charge is 0.289 e. The van der Waals surface area contributed by atoms with Crippen LogP contribution in [0.2, 0.25) is 0 Å². The number of fused-ring (bicyclic) bond motifs is 2. The number of hydrogen-bond acceptors (Lipinski definition) is 2. The number of rotatable bonds is 2. The number of carbonyl (C=O) groups is 2. The van der Waals surface area contributed by atoms with Crippen molar-refractivity contribution in [3.05, 3.63) is 92.4 Å². The highest BCUT2D eigenvalue weighted by atomic mass is 16.1. The van der Waals surface area contributed by atoms with Gasteiger partial charge in [0.05, 0.1) is 0 Å². The Labute approximate surface area is 164 Å². The average Bonchev–Trinajstić information content (AvgIpc) is 2.69. The highest BCUT2D eigenvalue weighted by Gasteiger charge is 2.32. The van der Waals surface area contributed by atoms with Gasteiger partial charge in [-0.25, -0.2) is 0 Å². The molecule has 0 spiro atoms. The summed E-state index contributed by atoms with van der Waals surface area (Å²) in [7, 11) is 0. The Morgan fingerprint density at radius 2 is 1.71 bits per heavy atom. The summed E-state index contributed by atoms with van der Waals surface area (Å²) in [5.74, 6) is -0.119. The van der Waals surface area contributed by atoms with Gasteiger partial charge in [-0.1, -0.05) is 61.5 Å². The lowest BCUT2D eigenvalue weighted by Gasteiger charge is -2.22. The van der Waals surface area contributed by atoms with Crippen molar-refractivity contribution in [2.75, 3.05) is 0 Å². The average molecular weight is 366 g/mol. The predicted molar refractivity (Wildman–Crippen MR) is 115 cm³/mol. The number of carbonyl (C=O) groups excluding carboxylic acids is 2. The van der Waals surface area contributed by atoms with E-state index in [1.807, 2.05) is 75.4 Å². The van der Waals surface area contributed by atoms with Crippen LogP contribution in [0.25, 0.3) is 23.4 Å². The third-order valence-electron chi connectivity index (χ3n) is 5.58. The molecule has 3 aromatic rings. The smallest absolute Gasteiger partial charge is 0.194 e. The van der Waals surface area contributed by atoms with E-state index < -0.39 is 0 Å². The molecule has 28 heavy (non-hydrogen) atoms. The van der Waals surface area contributed by atoms with Crippen molar-refractivity contribution in [1.82, 2.24) is 0 Å². The lowest BCUT2D eigenvalue weighted by atomic mass is 9.79. The van der Waals surface area contributed by atoms with Gasteiger partial charge in [-0.3, -0.25) is 9.59 Å². The van der Waals surface area contributed by atoms with E-state index in [2.05, 4.69) is 6.58 Å². The molecule has 1 aliphatic rings. The monoisotopic (exact) mass is 366 g/mol. The summed E-state index contributed by atoms with van der Waals surface area (Å²) in [6.07, 6.45) is 2.35. The van der Waals surface area contributed by atoms with E-state index in [-0.39, 0.29) is 11.6 Å². The number of Topliss-reactive ketones (excluding diaryl/α,β-unsaturated/α-hetero) is 2. The van der Waals surface area contributed by atoms with Crippen molar-refractivity contribution in [3.8, 4) is 0 Å². The van der Waals surface area contributed by atoms with E-state index in [1.54, 1.807) is 0 Å². The minimum Gasteiger partial charge on any atom is -0.289 e. The second-order valence-electron chi connectivity index (χ2n) is 7.40. The zero-order valence-corrected chi connectivity index (χ0v) is 16.4. The highest BCUT2D eigenvalue weighted by Crippen LogP contribution is 2.34. The van der Waals surface area contributed by atoms with E-state index in [1.165, 1.54) is 0 Å². The minimum absolute atomic E-state index is 0.0459. The van der Waals surface area contributed by atoms with E-state index >= 15 is 0 Å². The Balaban J connectivity index is 2.04. The molecule has 0 N–H and O–H groups in total. The molecule has 0 amide bonds. The molecular weight excluding hydrogens is 344 g/mol. The van der Waals surface area contributed by atoms with Crippen molar-refractivity contribution in [1.29, 1.82) is 0 Å². The van der Waals surface area contributed by atoms with Crippen molar-refractivity contribution in [2.24, 2.45) is 0 Å². The van der Waals surface area contributed by atoms with Gasteiger partial charge in [-0.15, -0.1) is 0 Å². The van der Waals surface area contributed by atoms with E-state index in [0.29, 0.717) is 28.7 Å². The van der Waals surface area contributed by atoms with Crippen LogP contribution in [-0.2, 0) is 0 Å². The number of aryl methyl sites for hydroxylation is 2. The van der Waals surface area contributed by atoms with E-state index in [0.717, 1.165) is 32.3 Å². The van der Waals surface area contributed by atoms with Crippen LogP contribution in [0.15, 0.2) is 59.7 Å². The topological polar surface area (TPSA) is 34.1 Å². The molecule has 0 aromatic heterocycles. The fourth-order valence-corrected chi connectivity index (χ4v) is 4.06. The SMILES string of the molecule is C=c1ccc(C)c/c1=C/C1=C(CC)C(=O)c2cc3ccccc3c(C)c2C1=O. The maximum Gasteiger partial charge on any atom is 0.194 e. The van der Waals surface area contributed by atoms with Crippen LogP contribution < -0.4 is 10.4 Å². The Hall–Kier alpha value is -3.26. The quantitative estimate of drug-likeness (QED) is 0.672. The summed E-state index contributed by atoms with van der Waals surface area (Å²) >= 11 is 0. The molecule has 0 heterocycles. The van der Waals surface area contributed by atoms with Gasteiger partial charge >= 0.3 is 0 Å². The second kappa shape index (κ2) is 6.72. The molecule has 4 rings (SSSR count). The molecule has 0 aliphatic heterocycles. The fourth-order valence-electron chi connectivity index (χ4n) is 4.06. The molecule has 1 aliphatic carbocycles. The first-order valence-corrected chi connectivity index (χ1v) is 9.54. The maximum absolute atomic E-state index is 13.5. The van der Waals surface area contributed by atoms with E-state index in [4.69, 9.17) is 0 Å². The molecule has 138 valence electrons. The molecule has 2 nitrogen and oxygen atoms in total. The molecular formula is C26H22O2. The fraction of sp³-hybridized carbons (Fsp3) is 0.154. The van der Waals surface area contributed by atoms with Gasteiger partial charge in [0.2, 0.25) is 0 Å². The van der Waals surface area contributed by atoms with E-state index in [9.17, 15) is 9.59 Å². The van der Waals surface area contributed by atoms with Gasteiger partial charge < -0.3 is 0 Å². The molecule has 0 fully saturated rings. The van der Waals surface area contributed by atoms with Gasteiger partial charge in [0.15, 0.2) is 11.6 Å². The summed E-state index contributed by atoms with van der Waals surface area (Å²) in [4.78, 5) is 26.8. The van der Waals surface area contributed by atoms with Gasteiger partial charge in [0.1, 0.15) is 0 Å². The first-order valence-electron chi connectivity index (χ1n) is 9.54. The van der Waals surface area contributed by atoms with Crippen LogP contribution in [0.5, 0.6) is 0 Å². The van der Waals surface area contributed by atoms with Crippen molar-refractivity contribution in [3.63, 3.8) is 0 Å². The lowest BCUT2D eigenvalue weighted by molar-refractivity contribution is 0.0976. The Morgan fingerprint density at radius 3 is 2.46 bits per heavy atom. The van der Waals surface area contributed by atoms with Crippen LogP contribution in [0.4, 0.5) is 0 Å². The second-order valence-corrected chi connectivity index (χ2v) is 7.40. The molecule has 0 radical (unpaired) electrons. The summed E-state index contributed by atoms with van der Waals surface area (Å²) in [6, 6.07) is 15.7. The highest BCUT2D eigenvalue weighted by molar-refractivity contribution is 6.31. The van der Waals surface area contributed by atoms with Gasteiger partial charge in [0, 0.05) is 22.3 Å². The molecule has 3 aromatic carbocycles. The number of benzene rings is 3. The first kappa shape index (κ1) is 18.1.